The molecule has 2 amide bonds. The molecule has 0 aromatic heterocycles. The van der Waals surface area contributed by atoms with E-state index in [4.69, 9.17) is 0 Å². The van der Waals surface area contributed by atoms with Crippen molar-refractivity contribution in [2.24, 2.45) is 11.8 Å². The number of hydrogen-bond donors (Lipinski definition) is 2. The normalized spacial score (nSPS) is 24.4. The summed E-state index contributed by atoms with van der Waals surface area (Å²) in [5.74, 6) is 1.61. The Hall–Kier alpha value is -1.24. The number of amides is 2. The topological polar surface area (TPSA) is 41.1 Å². The van der Waals surface area contributed by atoms with Gasteiger partial charge in [-0.15, -0.1) is 0 Å². The Morgan fingerprint density at radius 2 is 1.56 bits per heavy atom. The van der Waals surface area contributed by atoms with Gasteiger partial charge in [0.15, 0.2) is 0 Å². The quantitative estimate of drug-likeness (QED) is 0.530. The van der Waals surface area contributed by atoms with Gasteiger partial charge >= 0.3 is 12.2 Å². The first-order valence-electron chi connectivity index (χ1n) is 9.76. The van der Waals surface area contributed by atoms with Crippen molar-refractivity contribution in [3.8, 4) is 0 Å². The summed E-state index contributed by atoms with van der Waals surface area (Å²) in [4.78, 5) is 12.2. The lowest BCUT2D eigenvalue weighted by Crippen LogP contribution is -2.41. The fourth-order valence-electron chi connectivity index (χ4n) is 4.52. The van der Waals surface area contributed by atoms with E-state index in [9.17, 15) is 18.0 Å². The molecule has 2 aliphatic carbocycles. The second kappa shape index (κ2) is 8.84. The minimum absolute atomic E-state index is 0.0964. The monoisotopic (exact) mass is 446 g/mol. The summed E-state index contributed by atoms with van der Waals surface area (Å²) in [5.41, 5.74) is -0.662. The largest absolute Gasteiger partial charge is 0.416 e. The fourth-order valence-corrected chi connectivity index (χ4v) is 5.01. The highest BCUT2D eigenvalue weighted by molar-refractivity contribution is 9.10. The molecule has 2 N–H and O–H groups in total. The van der Waals surface area contributed by atoms with Crippen LogP contribution in [0.4, 0.5) is 23.7 Å². The van der Waals surface area contributed by atoms with Crippen LogP contribution in [0.3, 0.4) is 0 Å². The van der Waals surface area contributed by atoms with Crippen molar-refractivity contribution in [2.75, 3.05) is 5.32 Å². The minimum atomic E-state index is -4.45. The van der Waals surface area contributed by atoms with E-state index in [1.807, 2.05) is 0 Å². The van der Waals surface area contributed by atoms with Crippen molar-refractivity contribution in [3.63, 3.8) is 0 Å². The molecule has 3 rings (SSSR count). The van der Waals surface area contributed by atoms with Gasteiger partial charge in [0.2, 0.25) is 0 Å². The lowest BCUT2D eigenvalue weighted by molar-refractivity contribution is -0.137. The van der Waals surface area contributed by atoms with Crippen LogP contribution in [-0.4, -0.2) is 12.1 Å². The van der Waals surface area contributed by atoms with Crippen molar-refractivity contribution in [3.05, 3.63) is 28.2 Å². The van der Waals surface area contributed by atoms with Gasteiger partial charge in [0, 0.05) is 16.2 Å². The molecule has 2 saturated carbocycles. The van der Waals surface area contributed by atoms with Gasteiger partial charge in [0.25, 0.3) is 0 Å². The summed E-state index contributed by atoms with van der Waals surface area (Å²) >= 11 is 3.07. The molecule has 0 heterocycles. The van der Waals surface area contributed by atoms with E-state index in [0.29, 0.717) is 0 Å². The highest BCUT2D eigenvalue weighted by Gasteiger charge is 2.32. The van der Waals surface area contributed by atoms with Crippen LogP contribution in [0.15, 0.2) is 22.7 Å². The number of rotatable bonds is 3. The number of anilines is 1. The van der Waals surface area contributed by atoms with Gasteiger partial charge < -0.3 is 10.6 Å². The molecule has 0 radical (unpaired) electrons. The summed E-state index contributed by atoms with van der Waals surface area (Å²) in [5, 5.41) is 5.46. The van der Waals surface area contributed by atoms with Crippen molar-refractivity contribution >= 4 is 27.6 Å². The highest BCUT2D eigenvalue weighted by atomic mass is 79.9. The average Bonchev–Trinajstić information content (AvgIpc) is 2.62. The molecule has 3 nitrogen and oxygen atoms in total. The highest BCUT2D eigenvalue weighted by Crippen LogP contribution is 2.38. The number of nitrogens with one attached hydrogen (secondary N) is 2. The molecule has 27 heavy (non-hydrogen) atoms. The Bertz CT molecular complexity index is 651. The predicted molar refractivity (Wildman–Crippen MR) is 104 cm³/mol. The minimum Gasteiger partial charge on any atom is -0.335 e. The average molecular weight is 447 g/mol. The smallest absolute Gasteiger partial charge is 0.335 e. The molecule has 0 unspecified atom stereocenters. The number of alkyl halides is 3. The lowest BCUT2D eigenvalue weighted by atomic mass is 9.72. The van der Waals surface area contributed by atoms with E-state index in [1.165, 1.54) is 38.2 Å². The molecule has 1 aromatic rings. The Balaban J connectivity index is 1.49. The number of benzene rings is 1. The molecule has 150 valence electrons. The van der Waals surface area contributed by atoms with Gasteiger partial charge in [0.1, 0.15) is 0 Å². The van der Waals surface area contributed by atoms with E-state index in [-0.39, 0.29) is 16.2 Å². The van der Waals surface area contributed by atoms with Crippen LogP contribution < -0.4 is 10.6 Å². The molecule has 0 spiro atoms. The first-order chi connectivity index (χ1) is 12.8. The van der Waals surface area contributed by atoms with E-state index in [2.05, 4.69) is 26.6 Å². The van der Waals surface area contributed by atoms with E-state index < -0.39 is 17.8 Å². The number of urea groups is 1. The van der Waals surface area contributed by atoms with E-state index in [0.717, 1.165) is 49.7 Å². The van der Waals surface area contributed by atoms with Crippen LogP contribution in [0.5, 0.6) is 0 Å². The molecular weight excluding hydrogens is 421 g/mol. The third-order valence-corrected chi connectivity index (χ3v) is 6.36. The van der Waals surface area contributed by atoms with Crippen LogP contribution in [-0.2, 0) is 6.18 Å². The lowest BCUT2D eigenvalue weighted by Gasteiger charge is -2.36. The summed E-state index contributed by atoms with van der Waals surface area (Å²) in [6.45, 7) is 0. The number of carbonyl (C=O) groups excluding carboxylic acids is 1. The van der Waals surface area contributed by atoms with Crippen LogP contribution in [0, 0.1) is 11.8 Å². The second-order valence-electron chi connectivity index (χ2n) is 7.83. The molecule has 0 bridgehead atoms. The number of carbonyl (C=O) groups is 1. The third-order valence-electron chi connectivity index (χ3n) is 5.91. The maximum atomic E-state index is 12.9. The van der Waals surface area contributed by atoms with Gasteiger partial charge in [-0.2, -0.15) is 13.2 Å². The van der Waals surface area contributed by atoms with Crippen molar-refractivity contribution in [1.29, 1.82) is 0 Å². The zero-order chi connectivity index (χ0) is 19.4. The van der Waals surface area contributed by atoms with E-state index >= 15 is 0 Å². The second-order valence-corrected chi connectivity index (χ2v) is 8.75. The summed E-state index contributed by atoms with van der Waals surface area (Å²) in [7, 11) is 0. The van der Waals surface area contributed by atoms with Gasteiger partial charge in [-0.1, -0.05) is 48.0 Å². The first-order valence-corrected chi connectivity index (χ1v) is 10.6. The van der Waals surface area contributed by atoms with Crippen LogP contribution >= 0.6 is 15.9 Å². The standard InChI is InChI=1S/C20H26BrF3N2O/c21-16-10-15(20(22,23)24)11-18(12-16)26-19(27)25-17-8-6-14(7-9-17)13-4-2-1-3-5-13/h10-14,17H,1-9H2,(H2,25,26,27). The molecular formula is C20H26BrF3N2O. The van der Waals surface area contributed by atoms with E-state index in [1.54, 1.807) is 0 Å². The molecule has 1 aromatic carbocycles. The Morgan fingerprint density at radius 3 is 2.19 bits per heavy atom. The van der Waals surface area contributed by atoms with Crippen molar-refractivity contribution in [1.82, 2.24) is 5.32 Å². The fraction of sp³-hybridized carbons (Fsp3) is 0.650. The van der Waals surface area contributed by atoms with Crippen molar-refractivity contribution in [2.45, 2.75) is 70.0 Å². The summed E-state index contributed by atoms with van der Waals surface area (Å²) in [6, 6.07) is 3.07. The van der Waals surface area contributed by atoms with Crippen LogP contribution in [0.25, 0.3) is 0 Å². The maximum Gasteiger partial charge on any atom is 0.416 e. The zero-order valence-electron chi connectivity index (χ0n) is 15.2. The first kappa shape index (κ1) is 20.5. The third kappa shape index (κ3) is 5.87. The Labute approximate surface area is 166 Å². The number of hydrogen-bond acceptors (Lipinski definition) is 1. The predicted octanol–water partition coefficient (Wildman–Crippen LogP) is 6.73. The SMILES string of the molecule is O=C(Nc1cc(Br)cc(C(F)(F)F)c1)NC1CCC(C2CCCCC2)CC1. The molecule has 0 atom stereocenters. The van der Waals surface area contributed by atoms with Crippen LogP contribution in [0.1, 0.15) is 63.4 Å². The van der Waals surface area contributed by atoms with Gasteiger partial charge in [-0.25, -0.2) is 4.79 Å². The molecule has 0 aliphatic heterocycles. The van der Waals surface area contributed by atoms with Crippen LogP contribution in [0.2, 0.25) is 0 Å². The van der Waals surface area contributed by atoms with Gasteiger partial charge in [-0.05, 0) is 55.7 Å². The zero-order valence-corrected chi connectivity index (χ0v) is 16.8. The summed E-state index contributed by atoms with van der Waals surface area (Å²) < 4.78 is 39.0. The Kier molecular flexibility index (Phi) is 6.71. The van der Waals surface area contributed by atoms with Crippen molar-refractivity contribution < 1.29 is 18.0 Å². The Morgan fingerprint density at radius 1 is 0.926 bits per heavy atom. The number of halogens is 4. The molecule has 2 fully saturated rings. The van der Waals surface area contributed by atoms with Gasteiger partial charge in [-0.3, -0.25) is 0 Å². The van der Waals surface area contributed by atoms with Gasteiger partial charge in [0.05, 0.1) is 5.56 Å². The molecule has 7 heteroatoms. The summed E-state index contributed by atoms with van der Waals surface area (Å²) in [6.07, 6.45) is 6.43. The molecule has 0 saturated heterocycles. The molecule has 2 aliphatic rings. The maximum absolute atomic E-state index is 12.9.